The molecule has 0 aliphatic carbocycles. The first-order chi connectivity index (χ1) is 12.4. The highest BCUT2D eigenvalue weighted by atomic mass is 16.5. The van der Waals surface area contributed by atoms with Crippen molar-refractivity contribution in [3.05, 3.63) is 24.3 Å². The van der Waals surface area contributed by atoms with Crippen molar-refractivity contribution in [3.8, 4) is 0 Å². The molecule has 1 N–H and O–H groups in total. The van der Waals surface area contributed by atoms with Gasteiger partial charge in [-0.2, -0.15) is 0 Å². The number of nitrogens with zero attached hydrogens (tertiary/aromatic N) is 2. The summed E-state index contributed by atoms with van der Waals surface area (Å²) in [7, 11) is 2.30. The third-order valence-corrected chi connectivity index (χ3v) is 3.24. The summed E-state index contributed by atoms with van der Waals surface area (Å²) in [5.74, 6) is -1.35. The number of rotatable bonds is 6. The Morgan fingerprint density at radius 2 is 1.27 bits per heavy atom. The number of aliphatic hydroxyl groups excluding tert-OH is 1. The highest BCUT2D eigenvalue weighted by Gasteiger charge is 2.22. The molecule has 2 heterocycles. The largest absolute Gasteiger partial charge is 0.469 e. The number of carbonyl (C=O) groups excluding carboxylic acids is 5. The fraction of sp³-hybridized carbons (Fsp3) is 0.471. The Morgan fingerprint density at radius 3 is 1.62 bits per heavy atom. The molecular formula is C17H24N2O7. The van der Waals surface area contributed by atoms with Crippen LogP contribution >= 0.6 is 0 Å². The monoisotopic (exact) mass is 368 g/mol. The number of ether oxygens (including phenoxy) is 1. The molecule has 2 aliphatic heterocycles. The van der Waals surface area contributed by atoms with Crippen LogP contribution in [0.5, 0.6) is 0 Å². The number of imide groups is 2. The second-order valence-corrected chi connectivity index (χ2v) is 5.00. The predicted octanol–water partition coefficient (Wildman–Crippen LogP) is -0.205. The summed E-state index contributed by atoms with van der Waals surface area (Å²) in [4.78, 5) is 56.7. The van der Waals surface area contributed by atoms with Crippen LogP contribution in [0.25, 0.3) is 0 Å². The van der Waals surface area contributed by atoms with E-state index in [4.69, 9.17) is 5.11 Å². The van der Waals surface area contributed by atoms with Gasteiger partial charge in [0.15, 0.2) is 0 Å². The van der Waals surface area contributed by atoms with E-state index in [-0.39, 0.29) is 42.6 Å². The van der Waals surface area contributed by atoms with E-state index in [0.717, 1.165) is 18.4 Å². The molecule has 2 aliphatic rings. The van der Waals surface area contributed by atoms with E-state index >= 15 is 0 Å². The summed E-state index contributed by atoms with van der Waals surface area (Å²) >= 11 is 0. The molecule has 9 nitrogen and oxygen atoms in total. The molecule has 0 saturated heterocycles. The van der Waals surface area contributed by atoms with Crippen molar-refractivity contribution >= 4 is 29.6 Å². The first-order valence-corrected chi connectivity index (χ1v) is 7.99. The first kappa shape index (κ1) is 23.2. The Hall–Kier alpha value is -2.81. The van der Waals surface area contributed by atoms with Crippen LogP contribution in [0.1, 0.15) is 26.2 Å². The van der Waals surface area contributed by atoms with Gasteiger partial charge in [-0.05, 0) is 12.8 Å². The zero-order chi connectivity index (χ0) is 20.1. The van der Waals surface area contributed by atoms with Crippen LogP contribution in [0, 0.1) is 0 Å². The minimum Gasteiger partial charge on any atom is -0.469 e. The van der Waals surface area contributed by atoms with Crippen LogP contribution < -0.4 is 0 Å². The minimum absolute atomic E-state index is 0.188. The fourth-order valence-corrected chi connectivity index (χ4v) is 2.01. The minimum atomic E-state index is -0.336. The summed E-state index contributed by atoms with van der Waals surface area (Å²) in [6.07, 6.45) is 6.52. The lowest BCUT2D eigenvalue weighted by Gasteiger charge is -2.12. The van der Waals surface area contributed by atoms with Crippen LogP contribution in [0.2, 0.25) is 0 Å². The third-order valence-electron chi connectivity index (χ3n) is 3.24. The number of aliphatic hydroxyl groups is 1. The van der Waals surface area contributed by atoms with Crippen molar-refractivity contribution in [3.63, 3.8) is 0 Å². The van der Waals surface area contributed by atoms with Crippen molar-refractivity contribution < 1.29 is 33.8 Å². The van der Waals surface area contributed by atoms with Crippen molar-refractivity contribution in [2.24, 2.45) is 0 Å². The zero-order valence-corrected chi connectivity index (χ0v) is 15.1. The van der Waals surface area contributed by atoms with Gasteiger partial charge in [-0.1, -0.05) is 6.92 Å². The van der Waals surface area contributed by atoms with Crippen LogP contribution in [-0.2, 0) is 28.7 Å². The molecule has 144 valence electrons. The molecule has 0 aromatic rings. The normalized spacial score (nSPS) is 14.9. The summed E-state index contributed by atoms with van der Waals surface area (Å²) in [6.45, 7) is 2.73. The number of methoxy groups -OCH3 is 1. The van der Waals surface area contributed by atoms with Gasteiger partial charge < -0.3 is 9.84 Å². The van der Waals surface area contributed by atoms with Gasteiger partial charge >= 0.3 is 5.97 Å². The van der Waals surface area contributed by atoms with Crippen molar-refractivity contribution in [2.45, 2.75) is 26.2 Å². The van der Waals surface area contributed by atoms with E-state index < -0.39 is 0 Å². The van der Waals surface area contributed by atoms with Crippen LogP contribution in [0.4, 0.5) is 0 Å². The Balaban J connectivity index is 0.000000458. The first-order valence-electron chi connectivity index (χ1n) is 7.99. The van der Waals surface area contributed by atoms with Crippen LogP contribution in [-0.4, -0.2) is 71.8 Å². The van der Waals surface area contributed by atoms with Crippen LogP contribution in [0.3, 0.4) is 0 Å². The number of carbonyl (C=O) groups is 5. The van der Waals surface area contributed by atoms with Gasteiger partial charge in [0.1, 0.15) is 0 Å². The fourth-order valence-electron chi connectivity index (χ4n) is 2.01. The van der Waals surface area contributed by atoms with Crippen molar-refractivity contribution in [1.82, 2.24) is 9.80 Å². The van der Waals surface area contributed by atoms with Gasteiger partial charge in [0, 0.05) is 50.9 Å². The molecule has 2 rings (SSSR count). The van der Waals surface area contributed by atoms with Gasteiger partial charge in [-0.3, -0.25) is 33.8 Å². The predicted molar refractivity (Wildman–Crippen MR) is 91.4 cm³/mol. The number of esters is 1. The molecule has 26 heavy (non-hydrogen) atoms. The molecule has 0 unspecified atom stereocenters. The average Bonchev–Trinajstić information content (AvgIpc) is 3.14. The molecular weight excluding hydrogens is 344 g/mol. The number of amides is 4. The number of hydrogen-bond donors (Lipinski definition) is 1. The van der Waals surface area contributed by atoms with E-state index in [1.165, 1.54) is 36.3 Å². The lowest BCUT2D eigenvalue weighted by Crippen LogP contribution is -2.31. The Bertz CT molecular complexity index is 560. The zero-order valence-electron chi connectivity index (χ0n) is 15.1. The van der Waals surface area contributed by atoms with Gasteiger partial charge in [0.25, 0.3) is 23.6 Å². The van der Waals surface area contributed by atoms with Crippen molar-refractivity contribution in [1.29, 1.82) is 0 Å². The van der Waals surface area contributed by atoms with E-state index in [1.54, 1.807) is 0 Å². The van der Waals surface area contributed by atoms with Crippen molar-refractivity contribution in [2.75, 3.05) is 27.3 Å². The summed E-state index contributed by atoms with van der Waals surface area (Å²) in [5, 5.41) is 7.00. The van der Waals surface area contributed by atoms with E-state index in [9.17, 15) is 24.0 Å². The summed E-state index contributed by atoms with van der Waals surface area (Å²) in [5.41, 5.74) is 0. The molecule has 0 aromatic heterocycles. The maximum atomic E-state index is 11.0. The van der Waals surface area contributed by atoms with Crippen LogP contribution in [0.15, 0.2) is 24.3 Å². The standard InChI is InChI=1S/C9H11NO4.C7H9NO2.CH4O/c1-14-9(13)3-2-6-10-7(11)4-5-8(10)12;1-2-5-8-6(9)3-4-7(8)10;1-2/h4-5H,2-3,6H2,1H3;3-4H,2,5H2,1H3;2H,1H3. The highest BCUT2D eigenvalue weighted by Crippen LogP contribution is 2.05. The molecule has 0 saturated carbocycles. The Labute approximate surface area is 151 Å². The van der Waals surface area contributed by atoms with Gasteiger partial charge in [-0.15, -0.1) is 0 Å². The summed E-state index contributed by atoms with van der Waals surface area (Å²) in [6, 6.07) is 0. The van der Waals surface area contributed by atoms with E-state index in [2.05, 4.69) is 4.74 Å². The molecule has 9 heteroatoms. The van der Waals surface area contributed by atoms with Gasteiger partial charge in [0.05, 0.1) is 7.11 Å². The average molecular weight is 368 g/mol. The quantitative estimate of drug-likeness (QED) is 0.509. The molecule has 0 atom stereocenters. The topological polar surface area (TPSA) is 121 Å². The highest BCUT2D eigenvalue weighted by molar-refractivity contribution is 6.13. The SMILES string of the molecule is CCCN1C(=O)C=CC1=O.CO.COC(=O)CCCN1C(=O)C=CC1=O. The maximum absolute atomic E-state index is 11.0. The smallest absolute Gasteiger partial charge is 0.305 e. The van der Waals surface area contributed by atoms with Gasteiger partial charge in [-0.25, -0.2) is 0 Å². The molecule has 0 spiro atoms. The summed E-state index contributed by atoms with van der Waals surface area (Å²) < 4.78 is 4.43. The third kappa shape index (κ3) is 7.39. The Morgan fingerprint density at radius 1 is 0.885 bits per heavy atom. The lowest BCUT2D eigenvalue weighted by molar-refractivity contribution is -0.142. The second kappa shape index (κ2) is 12.5. The lowest BCUT2D eigenvalue weighted by atomic mass is 10.3. The van der Waals surface area contributed by atoms with Gasteiger partial charge in [0.2, 0.25) is 0 Å². The Kier molecular flexibility index (Phi) is 11.2. The van der Waals surface area contributed by atoms with E-state index in [0.29, 0.717) is 13.0 Å². The second-order valence-electron chi connectivity index (χ2n) is 5.00. The maximum Gasteiger partial charge on any atom is 0.305 e. The molecule has 0 bridgehead atoms. The molecule has 0 radical (unpaired) electrons. The molecule has 4 amide bonds. The van der Waals surface area contributed by atoms with E-state index in [1.807, 2.05) is 6.92 Å². The molecule has 0 aromatic carbocycles. The number of hydrogen-bond acceptors (Lipinski definition) is 7. The molecule has 0 fully saturated rings.